The third-order valence-corrected chi connectivity index (χ3v) is 4.04. The fourth-order valence-corrected chi connectivity index (χ4v) is 2.50. The second-order valence-electron chi connectivity index (χ2n) is 5.97. The molecule has 5 nitrogen and oxygen atoms in total. The van der Waals surface area contributed by atoms with Crippen molar-refractivity contribution in [2.45, 2.75) is 13.8 Å². The average molecular weight is 345 g/mol. The summed E-state index contributed by atoms with van der Waals surface area (Å²) in [4.78, 5) is 29.0. The lowest BCUT2D eigenvalue weighted by molar-refractivity contribution is 0.102. The standard InChI is InChI=1S/C21H19N3O2/c1-14-7-3-5-9-17(14)23-20(25)16-11-12-22-19(13-16)21(26)24-18-10-6-4-8-15(18)2/h3-13H,1-2H3,(H,23,25)(H,24,26). The van der Waals surface area contributed by atoms with Gasteiger partial charge in [-0.05, 0) is 49.2 Å². The zero-order valence-corrected chi connectivity index (χ0v) is 14.6. The van der Waals surface area contributed by atoms with Crippen LogP contribution in [0.4, 0.5) is 11.4 Å². The molecule has 2 aromatic carbocycles. The van der Waals surface area contributed by atoms with Crippen LogP contribution in [0.25, 0.3) is 0 Å². The fraction of sp³-hybridized carbons (Fsp3) is 0.0952. The molecule has 130 valence electrons. The molecule has 0 saturated heterocycles. The van der Waals surface area contributed by atoms with Crippen LogP contribution in [-0.2, 0) is 0 Å². The number of hydrogen-bond acceptors (Lipinski definition) is 3. The van der Waals surface area contributed by atoms with Crippen LogP contribution in [-0.4, -0.2) is 16.8 Å². The first kappa shape index (κ1) is 17.4. The van der Waals surface area contributed by atoms with E-state index in [2.05, 4.69) is 15.6 Å². The number of rotatable bonds is 4. The Morgan fingerprint density at radius 3 is 1.88 bits per heavy atom. The van der Waals surface area contributed by atoms with Gasteiger partial charge in [0.25, 0.3) is 11.8 Å². The second-order valence-corrected chi connectivity index (χ2v) is 5.97. The van der Waals surface area contributed by atoms with Crippen molar-refractivity contribution in [2.75, 3.05) is 10.6 Å². The third kappa shape index (κ3) is 3.95. The van der Waals surface area contributed by atoms with Gasteiger partial charge in [-0.15, -0.1) is 0 Å². The van der Waals surface area contributed by atoms with Crippen molar-refractivity contribution in [1.29, 1.82) is 0 Å². The molecule has 0 bridgehead atoms. The first-order valence-corrected chi connectivity index (χ1v) is 8.24. The summed E-state index contributed by atoms with van der Waals surface area (Å²) in [5.74, 6) is -0.642. The van der Waals surface area contributed by atoms with Crippen molar-refractivity contribution in [2.24, 2.45) is 0 Å². The van der Waals surface area contributed by atoms with Crippen LogP contribution < -0.4 is 10.6 Å². The predicted octanol–water partition coefficient (Wildman–Crippen LogP) is 4.20. The average Bonchev–Trinajstić information content (AvgIpc) is 2.65. The molecule has 3 rings (SSSR count). The van der Waals surface area contributed by atoms with Crippen molar-refractivity contribution >= 4 is 23.2 Å². The summed E-state index contributed by atoms with van der Waals surface area (Å²) in [6.07, 6.45) is 1.46. The molecule has 1 aromatic heterocycles. The predicted molar refractivity (Wildman–Crippen MR) is 103 cm³/mol. The zero-order valence-electron chi connectivity index (χ0n) is 14.6. The van der Waals surface area contributed by atoms with E-state index < -0.39 is 0 Å². The minimum Gasteiger partial charge on any atom is -0.322 e. The molecule has 0 atom stereocenters. The first-order valence-electron chi connectivity index (χ1n) is 8.24. The van der Waals surface area contributed by atoms with Gasteiger partial charge in [0.05, 0.1) is 0 Å². The van der Waals surface area contributed by atoms with Crippen molar-refractivity contribution in [3.05, 3.63) is 89.2 Å². The fourth-order valence-electron chi connectivity index (χ4n) is 2.50. The molecule has 5 heteroatoms. The van der Waals surface area contributed by atoms with Gasteiger partial charge < -0.3 is 10.6 Å². The summed E-state index contributed by atoms with van der Waals surface area (Å²) in [6, 6.07) is 18.1. The van der Waals surface area contributed by atoms with Gasteiger partial charge in [-0.2, -0.15) is 0 Å². The van der Waals surface area contributed by atoms with Gasteiger partial charge in [-0.1, -0.05) is 36.4 Å². The Morgan fingerprint density at radius 2 is 1.31 bits per heavy atom. The van der Waals surface area contributed by atoms with E-state index in [1.165, 1.54) is 12.3 Å². The van der Waals surface area contributed by atoms with Gasteiger partial charge in [0.1, 0.15) is 5.69 Å². The second kappa shape index (κ2) is 7.61. The van der Waals surface area contributed by atoms with Crippen LogP contribution in [0.3, 0.4) is 0 Å². The number of carbonyl (C=O) groups excluding carboxylic acids is 2. The Labute approximate surface area is 152 Å². The maximum absolute atomic E-state index is 12.5. The third-order valence-electron chi connectivity index (χ3n) is 4.04. The molecule has 3 aromatic rings. The van der Waals surface area contributed by atoms with Crippen LogP contribution in [0, 0.1) is 13.8 Å². The number of nitrogens with zero attached hydrogens (tertiary/aromatic N) is 1. The van der Waals surface area contributed by atoms with E-state index in [9.17, 15) is 9.59 Å². The number of benzene rings is 2. The molecule has 0 aliphatic rings. The Hall–Kier alpha value is -3.47. The van der Waals surface area contributed by atoms with E-state index in [0.29, 0.717) is 11.3 Å². The van der Waals surface area contributed by atoms with Gasteiger partial charge in [-0.25, -0.2) is 0 Å². The molecule has 0 aliphatic carbocycles. The van der Waals surface area contributed by atoms with E-state index in [0.717, 1.165) is 16.8 Å². The Morgan fingerprint density at radius 1 is 0.769 bits per heavy atom. The Bertz CT molecular complexity index is 892. The van der Waals surface area contributed by atoms with Gasteiger partial charge in [0.15, 0.2) is 0 Å². The number of aryl methyl sites for hydroxylation is 2. The van der Waals surface area contributed by atoms with Crippen LogP contribution >= 0.6 is 0 Å². The number of pyridine rings is 1. The smallest absolute Gasteiger partial charge is 0.274 e. The van der Waals surface area contributed by atoms with E-state index >= 15 is 0 Å². The molecule has 0 radical (unpaired) electrons. The minimum absolute atomic E-state index is 0.186. The summed E-state index contributed by atoms with van der Waals surface area (Å²) in [7, 11) is 0. The van der Waals surface area contributed by atoms with E-state index in [1.807, 2.05) is 62.4 Å². The van der Waals surface area contributed by atoms with Crippen molar-refractivity contribution in [3.63, 3.8) is 0 Å². The maximum atomic E-state index is 12.5. The van der Waals surface area contributed by atoms with Crippen molar-refractivity contribution < 1.29 is 9.59 Å². The normalized spacial score (nSPS) is 10.2. The molecule has 2 amide bonds. The summed E-state index contributed by atoms with van der Waals surface area (Å²) in [5, 5.41) is 5.67. The molecule has 0 spiro atoms. The SMILES string of the molecule is Cc1ccccc1NC(=O)c1ccnc(C(=O)Nc2ccccc2C)c1. The number of carbonyl (C=O) groups is 2. The Balaban J connectivity index is 1.77. The minimum atomic E-state index is -0.357. The molecule has 2 N–H and O–H groups in total. The number of amides is 2. The number of para-hydroxylation sites is 2. The summed E-state index contributed by atoms with van der Waals surface area (Å²) in [6.45, 7) is 3.83. The quantitative estimate of drug-likeness (QED) is 0.744. The maximum Gasteiger partial charge on any atom is 0.274 e. The van der Waals surface area contributed by atoms with Crippen molar-refractivity contribution in [1.82, 2.24) is 4.98 Å². The summed E-state index contributed by atoms with van der Waals surface area (Å²) >= 11 is 0. The van der Waals surface area contributed by atoms with Crippen LogP contribution in [0.2, 0.25) is 0 Å². The van der Waals surface area contributed by atoms with Gasteiger partial charge in [0, 0.05) is 23.1 Å². The molecular formula is C21H19N3O2. The monoisotopic (exact) mass is 345 g/mol. The van der Waals surface area contributed by atoms with Gasteiger partial charge in [0.2, 0.25) is 0 Å². The first-order chi connectivity index (χ1) is 12.5. The summed E-state index contributed by atoms with van der Waals surface area (Å²) in [5.41, 5.74) is 3.93. The lowest BCUT2D eigenvalue weighted by Crippen LogP contribution is -2.17. The highest BCUT2D eigenvalue weighted by molar-refractivity contribution is 6.08. The summed E-state index contributed by atoms with van der Waals surface area (Å²) < 4.78 is 0. The van der Waals surface area contributed by atoms with Crippen LogP contribution in [0.15, 0.2) is 66.9 Å². The van der Waals surface area contributed by atoms with E-state index in [1.54, 1.807) is 6.07 Å². The number of aromatic nitrogens is 1. The molecule has 0 unspecified atom stereocenters. The van der Waals surface area contributed by atoms with Crippen molar-refractivity contribution in [3.8, 4) is 0 Å². The van der Waals surface area contributed by atoms with Gasteiger partial charge >= 0.3 is 0 Å². The lowest BCUT2D eigenvalue weighted by atomic mass is 10.1. The number of nitrogens with one attached hydrogen (secondary N) is 2. The molecular weight excluding hydrogens is 326 g/mol. The highest BCUT2D eigenvalue weighted by Gasteiger charge is 2.13. The highest BCUT2D eigenvalue weighted by Crippen LogP contribution is 2.16. The highest BCUT2D eigenvalue weighted by atomic mass is 16.2. The zero-order chi connectivity index (χ0) is 18.5. The molecule has 0 aliphatic heterocycles. The van der Waals surface area contributed by atoms with E-state index in [4.69, 9.17) is 0 Å². The van der Waals surface area contributed by atoms with E-state index in [-0.39, 0.29) is 17.5 Å². The van der Waals surface area contributed by atoms with Gasteiger partial charge in [-0.3, -0.25) is 14.6 Å². The number of hydrogen-bond donors (Lipinski definition) is 2. The number of anilines is 2. The van der Waals surface area contributed by atoms with Crippen LogP contribution in [0.1, 0.15) is 32.0 Å². The van der Waals surface area contributed by atoms with Crippen LogP contribution in [0.5, 0.6) is 0 Å². The molecule has 0 fully saturated rings. The largest absolute Gasteiger partial charge is 0.322 e. The topological polar surface area (TPSA) is 71.1 Å². The molecule has 1 heterocycles. The molecule has 26 heavy (non-hydrogen) atoms. The molecule has 0 saturated carbocycles. The lowest BCUT2D eigenvalue weighted by Gasteiger charge is -2.10. The Kier molecular flexibility index (Phi) is 5.08.